The maximum absolute atomic E-state index is 6.35. The second-order valence-electron chi connectivity index (χ2n) is 4.60. The van der Waals surface area contributed by atoms with Gasteiger partial charge >= 0.3 is 0 Å². The van der Waals surface area contributed by atoms with E-state index in [0.29, 0.717) is 5.92 Å². The van der Waals surface area contributed by atoms with E-state index >= 15 is 0 Å². The van der Waals surface area contributed by atoms with E-state index in [-0.39, 0.29) is 6.04 Å². The minimum atomic E-state index is 0.199. The van der Waals surface area contributed by atoms with Gasteiger partial charge < -0.3 is 5.73 Å². The zero-order valence-corrected chi connectivity index (χ0v) is 12.4. The van der Waals surface area contributed by atoms with Crippen molar-refractivity contribution in [2.75, 3.05) is 0 Å². The summed E-state index contributed by atoms with van der Waals surface area (Å²) in [5, 5.41) is 0. The minimum Gasteiger partial charge on any atom is -0.324 e. The molecular formula is C13H17Br2N. The molecule has 1 saturated carbocycles. The quantitative estimate of drug-likeness (QED) is 0.818. The predicted molar refractivity (Wildman–Crippen MR) is 75.3 cm³/mol. The molecular weight excluding hydrogens is 330 g/mol. The summed E-state index contributed by atoms with van der Waals surface area (Å²) in [6.45, 7) is 0. The lowest BCUT2D eigenvalue weighted by Gasteiger charge is -2.28. The van der Waals surface area contributed by atoms with E-state index in [9.17, 15) is 0 Å². The average molecular weight is 347 g/mol. The summed E-state index contributed by atoms with van der Waals surface area (Å²) in [6, 6.07) is 6.55. The highest BCUT2D eigenvalue weighted by molar-refractivity contribution is 9.13. The van der Waals surface area contributed by atoms with Crippen LogP contribution >= 0.6 is 31.9 Å². The van der Waals surface area contributed by atoms with Crippen LogP contribution in [0.25, 0.3) is 0 Å². The maximum atomic E-state index is 6.35. The topological polar surface area (TPSA) is 26.0 Å². The van der Waals surface area contributed by atoms with E-state index in [2.05, 4.69) is 50.1 Å². The second kappa shape index (κ2) is 5.65. The Morgan fingerprint density at radius 2 is 1.75 bits per heavy atom. The molecule has 1 nitrogen and oxygen atoms in total. The first kappa shape index (κ1) is 12.6. The van der Waals surface area contributed by atoms with Gasteiger partial charge in [0.05, 0.1) is 0 Å². The number of halogens is 2. The molecule has 2 N–H and O–H groups in total. The number of rotatable bonds is 2. The van der Waals surface area contributed by atoms with E-state index in [4.69, 9.17) is 5.73 Å². The summed E-state index contributed by atoms with van der Waals surface area (Å²) in [5.74, 6) is 0.668. The van der Waals surface area contributed by atoms with E-state index in [1.54, 1.807) is 0 Å². The van der Waals surface area contributed by atoms with E-state index in [1.807, 2.05) is 0 Å². The fourth-order valence-electron chi connectivity index (χ4n) is 2.49. The molecule has 0 bridgehead atoms. The van der Waals surface area contributed by atoms with Crippen LogP contribution in [0.2, 0.25) is 0 Å². The molecule has 1 fully saturated rings. The van der Waals surface area contributed by atoms with Crippen molar-refractivity contribution in [1.29, 1.82) is 0 Å². The fraction of sp³-hybridized carbons (Fsp3) is 0.538. The lowest BCUT2D eigenvalue weighted by molar-refractivity contribution is 0.308. The summed E-state index contributed by atoms with van der Waals surface area (Å²) in [7, 11) is 0. The molecule has 2 rings (SSSR count). The van der Waals surface area contributed by atoms with E-state index < -0.39 is 0 Å². The molecule has 0 heterocycles. The van der Waals surface area contributed by atoms with Gasteiger partial charge in [0, 0.05) is 15.0 Å². The molecule has 0 aromatic heterocycles. The average Bonchev–Trinajstić information content (AvgIpc) is 2.33. The van der Waals surface area contributed by atoms with Crippen molar-refractivity contribution in [3.63, 3.8) is 0 Å². The van der Waals surface area contributed by atoms with Gasteiger partial charge in [-0.3, -0.25) is 0 Å². The number of hydrogen-bond acceptors (Lipinski definition) is 1. The third-order valence-electron chi connectivity index (χ3n) is 3.49. The first-order chi connectivity index (χ1) is 7.68. The molecule has 0 saturated heterocycles. The van der Waals surface area contributed by atoms with Crippen LogP contribution in [0.5, 0.6) is 0 Å². The molecule has 0 amide bonds. The highest BCUT2D eigenvalue weighted by Gasteiger charge is 2.21. The molecule has 1 aromatic carbocycles. The largest absolute Gasteiger partial charge is 0.324 e. The van der Waals surface area contributed by atoms with Crippen LogP contribution in [0.3, 0.4) is 0 Å². The standard InChI is InChI=1S/C13H17Br2N/c14-11-7-6-10(8-12(11)15)13(16)9-4-2-1-3-5-9/h6-9,13H,1-5,16H2/t13-/m0/s1. The number of hydrogen-bond donors (Lipinski definition) is 1. The molecule has 0 unspecified atom stereocenters. The zero-order valence-electron chi connectivity index (χ0n) is 9.26. The van der Waals surface area contributed by atoms with Gasteiger partial charge in [0.1, 0.15) is 0 Å². The van der Waals surface area contributed by atoms with E-state index in [1.165, 1.54) is 37.7 Å². The Balaban J connectivity index is 2.12. The van der Waals surface area contributed by atoms with Gasteiger partial charge in [0.2, 0.25) is 0 Å². The van der Waals surface area contributed by atoms with Crippen LogP contribution in [-0.2, 0) is 0 Å². The van der Waals surface area contributed by atoms with Crippen LogP contribution in [0.1, 0.15) is 43.7 Å². The van der Waals surface area contributed by atoms with Crippen molar-refractivity contribution >= 4 is 31.9 Å². The zero-order chi connectivity index (χ0) is 11.5. The normalized spacial score (nSPS) is 19.7. The Morgan fingerprint density at radius 1 is 1.06 bits per heavy atom. The molecule has 88 valence electrons. The van der Waals surface area contributed by atoms with Gasteiger partial charge in [0.25, 0.3) is 0 Å². The molecule has 0 radical (unpaired) electrons. The molecule has 1 atom stereocenters. The summed E-state index contributed by atoms with van der Waals surface area (Å²) >= 11 is 7.02. The van der Waals surface area contributed by atoms with Crippen molar-refractivity contribution in [3.05, 3.63) is 32.7 Å². The summed E-state index contributed by atoms with van der Waals surface area (Å²) in [4.78, 5) is 0. The van der Waals surface area contributed by atoms with Crippen LogP contribution in [0, 0.1) is 5.92 Å². The Bertz CT molecular complexity index is 359. The SMILES string of the molecule is N[C@H](c1ccc(Br)c(Br)c1)C1CCCCC1. The van der Waals surface area contributed by atoms with E-state index in [0.717, 1.165) is 8.95 Å². The predicted octanol–water partition coefficient (Wildman–Crippen LogP) is 4.79. The summed E-state index contributed by atoms with van der Waals surface area (Å²) in [6.07, 6.45) is 6.64. The van der Waals surface area contributed by atoms with Gasteiger partial charge in [0.15, 0.2) is 0 Å². The number of nitrogens with two attached hydrogens (primary N) is 1. The maximum Gasteiger partial charge on any atom is 0.0323 e. The molecule has 1 aliphatic rings. The van der Waals surface area contributed by atoms with Crippen molar-refractivity contribution in [2.45, 2.75) is 38.1 Å². The first-order valence-corrected chi connectivity index (χ1v) is 7.47. The van der Waals surface area contributed by atoms with Gasteiger partial charge in [-0.2, -0.15) is 0 Å². The van der Waals surface area contributed by atoms with Crippen molar-refractivity contribution in [1.82, 2.24) is 0 Å². The van der Waals surface area contributed by atoms with Crippen molar-refractivity contribution < 1.29 is 0 Å². The minimum absolute atomic E-state index is 0.199. The van der Waals surface area contributed by atoms with Gasteiger partial charge in [-0.05, 0) is 68.3 Å². The first-order valence-electron chi connectivity index (χ1n) is 5.89. The molecule has 1 aromatic rings. The molecule has 0 aliphatic heterocycles. The summed E-state index contributed by atoms with van der Waals surface area (Å²) in [5.41, 5.74) is 7.60. The van der Waals surface area contributed by atoms with Crippen molar-refractivity contribution in [3.8, 4) is 0 Å². The lowest BCUT2D eigenvalue weighted by Crippen LogP contribution is -2.23. The Labute approximate surface area is 114 Å². The number of benzene rings is 1. The molecule has 1 aliphatic carbocycles. The van der Waals surface area contributed by atoms with Gasteiger partial charge in [-0.25, -0.2) is 0 Å². The van der Waals surface area contributed by atoms with Crippen molar-refractivity contribution in [2.24, 2.45) is 11.7 Å². The van der Waals surface area contributed by atoms with Gasteiger partial charge in [-0.15, -0.1) is 0 Å². The highest BCUT2D eigenvalue weighted by atomic mass is 79.9. The Hall–Kier alpha value is 0.140. The lowest BCUT2D eigenvalue weighted by atomic mass is 9.81. The fourth-order valence-corrected chi connectivity index (χ4v) is 3.13. The second-order valence-corrected chi connectivity index (χ2v) is 6.31. The third-order valence-corrected chi connectivity index (χ3v) is 5.37. The third kappa shape index (κ3) is 2.88. The van der Waals surface area contributed by atoms with Crippen LogP contribution in [0.15, 0.2) is 27.1 Å². The smallest absolute Gasteiger partial charge is 0.0323 e. The highest BCUT2D eigenvalue weighted by Crippen LogP contribution is 2.34. The Kier molecular flexibility index (Phi) is 4.45. The Morgan fingerprint density at radius 3 is 2.38 bits per heavy atom. The molecule has 3 heteroatoms. The van der Waals surface area contributed by atoms with Crippen LogP contribution in [-0.4, -0.2) is 0 Å². The van der Waals surface area contributed by atoms with Crippen LogP contribution < -0.4 is 5.73 Å². The molecule has 16 heavy (non-hydrogen) atoms. The monoisotopic (exact) mass is 345 g/mol. The molecule has 0 spiro atoms. The summed E-state index contributed by atoms with van der Waals surface area (Å²) < 4.78 is 2.18. The van der Waals surface area contributed by atoms with Gasteiger partial charge in [-0.1, -0.05) is 25.3 Å². The van der Waals surface area contributed by atoms with Crippen LogP contribution in [0.4, 0.5) is 0 Å².